The molecule has 0 atom stereocenters. The van der Waals surface area contributed by atoms with Crippen LogP contribution in [0.2, 0.25) is 0 Å². The number of fused-ring (bicyclic) bond motifs is 1. The molecule has 1 heterocycles. The van der Waals surface area contributed by atoms with E-state index in [2.05, 4.69) is 16.4 Å². The van der Waals surface area contributed by atoms with Crippen molar-refractivity contribution < 1.29 is 27.9 Å². The smallest absolute Gasteiger partial charge is 0.416 e. The molecule has 4 aromatic rings. The molecule has 0 spiro atoms. The van der Waals surface area contributed by atoms with Crippen LogP contribution in [0.4, 0.5) is 13.2 Å². The van der Waals surface area contributed by atoms with Gasteiger partial charge in [0.2, 0.25) is 0 Å². The van der Waals surface area contributed by atoms with Crippen LogP contribution in [0.25, 0.3) is 22.0 Å². The number of halogens is 3. The third-order valence-electron chi connectivity index (χ3n) is 7.77. The molecule has 3 N–H and O–H groups in total. The molecule has 2 bridgehead atoms. The van der Waals surface area contributed by atoms with Gasteiger partial charge in [-0.2, -0.15) is 18.4 Å². The van der Waals surface area contributed by atoms with Crippen molar-refractivity contribution in [1.29, 1.82) is 5.26 Å². The summed E-state index contributed by atoms with van der Waals surface area (Å²) in [5.74, 6) is -1.15. The fourth-order valence-electron chi connectivity index (χ4n) is 6.22. The Hall–Kier alpha value is -4.23. The second kappa shape index (κ2) is 9.17. The van der Waals surface area contributed by atoms with Gasteiger partial charge in [-0.15, -0.1) is 0 Å². The quantitative estimate of drug-likeness (QED) is 0.225. The van der Waals surface area contributed by atoms with Crippen molar-refractivity contribution in [2.24, 2.45) is 5.41 Å². The maximum absolute atomic E-state index is 13.8. The van der Waals surface area contributed by atoms with Crippen molar-refractivity contribution in [2.45, 2.75) is 47.2 Å². The zero-order valence-corrected chi connectivity index (χ0v) is 21.7. The van der Waals surface area contributed by atoms with Gasteiger partial charge in [-0.25, -0.2) is 0 Å². The molecule has 3 aromatic carbocycles. The van der Waals surface area contributed by atoms with E-state index in [9.17, 15) is 33.1 Å². The topological polar surface area (TPSA) is 106 Å². The summed E-state index contributed by atoms with van der Waals surface area (Å²) in [6.45, 7) is 0. The Morgan fingerprint density at radius 1 is 1.05 bits per heavy atom. The van der Waals surface area contributed by atoms with E-state index in [1.807, 2.05) is 12.1 Å². The molecular weight excluding hydrogens is 539 g/mol. The standard InChI is InChI=1S/C30H22F3N3O3S/c31-30(32,33)20-4-6-21(7-5-20)40-24-13-35-23-10-19(18-3-1-2-17(8-18)12-34)9-22(26(23)24)27(39)36-29-14-28(15-29,16-29)11-25(37)38/h1-10,13,35H,11,14-16H2,(H,36,39)(H,37,38). The van der Waals surface area contributed by atoms with E-state index < -0.39 is 23.2 Å². The third kappa shape index (κ3) is 4.60. The van der Waals surface area contributed by atoms with Crippen LogP contribution in [0.1, 0.15) is 47.2 Å². The number of aliphatic carboxylic acids is 1. The normalized spacial score (nSPS) is 21.2. The maximum Gasteiger partial charge on any atom is 0.416 e. The number of aromatic amines is 1. The first kappa shape index (κ1) is 26.0. The fraction of sp³-hybridized carbons (Fsp3) is 0.233. The number of nitrogens with zero attached hydrogens (tertiary/aromatic N) is 1. The van der Waals surface area contributed by atoms with Crippen molar-refractivity contribution in [3.05, 3.63) is 83.6 Å². The van der Waals surface area contributed by atoms with E-state index >= 15 is 0 Å². The number of carbonyl (C=O) groups excluding carboxylic acids is 1. The molecule has 3 fully saturated rings. The average molecular weight is 562 g/mol. The highest BCUT2D eigenvalue weighted by atomic mass is 32.2. The lowest BCUT2D eigenvalue weighted by atomic mass is 9.38. The van der Waals surface area contributed by atoms with Gasteiger partial charge in [-0.05, 0) is 84.3 Å². The fourth-order valence-corrected chi connectivity index (χ4v) is 7.18. The largest absolute Gasteiger partial charge is 0.481 e. The predicted octanol–water partition coefficient (Wildman–Crippen LogP) is 7.00. The van der Waals surface area contributed by atoms with Crippen molar-refractivity contribution >= 4 is 34.5 Å². The van der Waals surface area contributed by atoms with Crippen LogP contribution in [0.3, 0.4) is 0 Å². The molecule has 3 saturated carbocycles. The van der Waals surface area contributed by atoms with Gasteiger partial charge in [0.25, 0.3) is 5.91 Å². The molecule has 0 unspecified atom stereocenters. The van der Waals surface area contributed by atoms with Crippen LogP contribution in [0, 0.1) is 16.7 Å². The highest BCUT2D eigenvalue weighted by Gasteiger charge is 2.68. The number of hydrogen-bond donors (Lipinski definition) is 3. The van der Waals surface area contributed by atoms with Crippen LogP contribution < -0.4 is 5.32 Å². The first-order valence-electron chi connectivity index (χ1n) is 12.5. The number of aromatic nitrogens is 1. The average Bonchev–Trinajstić information content (AvgIpc) is 3.28. The van der Waals surface area contributed by atoms with Crippen molar-refractivity contribution in [1.82, 2.24) is 10.3 Å². The Bertz CT molecular complexity index is 1700. The number of nitriles is 1. The van der Waals surface area contributed by atoms with Gasteiger partial charge in [0.1, 0.15) is 0 Å². The van der Waals surface area contributed by atoms with E-state index in [0.717, 1.165) is 23.3 Å². The first-order valence-corrected chi connectivity index (χ1v) is 13.4. The number of carboxylic acid groups (broad SMARTS) is 1. The van der Waals surface area contributed by atoms with Crippen LogP contribution in [-0.4, -0.2) is 27.5 Å². The summed E-state index contributed by atoms with van der Waals surface area (Å²) in [5.41, 5.74) is 1.61. The molecule has 3 aliphatic carbocycles. The second-order valence-electron chi connectivity index (χ2n) is 10.8. The second-order valence-corrected chi connectivity index (χ2v) is 11.9. The van der Waals surface area contributed by atoms with E-state index in [-0.39, 0.29) is 17.7 Å². The highest BCUT2D eigenvalue weighted by molar-refractivity contribution is 7.99. The van der Waals surface area contributed by atoms with Crippen LogP contribution >= 0.6 is 11.8 Å². The molecule has 0 saturated heterocycles. The van der Waals surface area contributed by atoms with Gasteiger partial charge in [-0.1, -0.05) is 23.9 Å². The van der Waals surface area contributed by atoms with Gasteiger partial charge in [0.05, 0.1) is 29.2 Å². The Kier molecular flexibility index (Phi) is 5.96. The zero-order valence-electron chi connectivity index (χ0n) is 20.9. The lowest BCUT2D eigenvalue weighted by molar-refractivity contribution is -0.172. The number of nitrogens with one attached hydrogen (secondary N) is 2. The molecule has 1 aromatic heterocycles. The lowest BCUT2D eigenvalue weighted by Gasteiger charge is -2.70. The Labute approximate surface area is 231 Å². The molecule has 6 nitrogen and oxygen atoms in total. The van der Waals surface area contributed by atoms with E-state index in [1.54, 1.807) is 30.5 Å². The van der Waals surface area contributed by atoms with Gasteiger partial charge >= 0.3 is 12.1 Å². The third-order valence-corrected chi connectivity index (χ3v) is 8.82. The number of carboxylic acids is 1. The minimum atomic E-state index is -4.43. The van der Waals surface area contributed by atoms with Crippen molar-refractivity contribution in [3.8, 4) is 17.2 Å². The first-order chi connectivity index (χ1) is 19.0. The summed E-state index contributed by atoms with van der Waals surface area (Å²) in [6, 6.07) is 17.7. The summed E-state index contributed by atoms with van der Waals surface area (Å²) in [4.78, 5) is 29.4. The Balaban J connectivity index is 1.36. The zero-order chi connectivity index (χ0) is 28.3. The summed E-state index contributed by atoms with van der Waals surface area (Å²) in [5, 5.41) is 22.3. The van der Waals surface area contributed by atoms with E-state index in [1.165, 1.54) is 23.9 Å². The van der Waals surface area contributed by atoms with E-state index in [0.29, 0.717) is 51.1 Å². The van der Waals surface area contributed by atoms with Crippen LogP contribution in [-0.2, 0) is 11.0 Å². The SMILES string of the molecule is N#Cc1cccc(-c2cc(C(=O)NC34CC(CC(=O)O)(C3)C4)c3c(Sc4ccc(C(F)(F)F)cc4)c[nH]c3c2)c1. The molecule has 202 valence electrons. The number of amides is 1. The minimum absolute atomic E-state index is 0.0886. The molecule has 7 rings (SSSR count). The summed E-state index contributed by atoms with van der Waals surface area (Å²) < 4.78 is 39.1. The van der Waals surface area contributed by atoms with Gasteiger partial charge < -0.3 is 15.4 Å². The summed E-state index contributed by atoms with van der Waals surface area (Å²) in [6.07, 6.45) is -0.769. The van der Waals surface area contributed by atoms with Crippen LogP contribution in [0.5, 0.6) is 0 Å². The maximum atomic E-state index is 13.8. The molecule has 0 radical (unpaired) electrons. The number of H-pyrrole nitrogens is 1. The Morgan fingerprint density at radius 3 is 2.42 bits per heavy atom. The van der Waals surface area contributed by atoms with E-state index in [4.69, 9.17) is 0 Å². The number of alkyl halides is 3. The van der Waals surface area contributed by atoms with Gasteiger partial charge in [0, 0.05) is 32.4 Å². The summed E-state index contributed by atoms with van der Waals surface area (Å²) >= 11 is 1.25. The van der Waals surface area contributed by atoms with Crippen molar-refractivity contribution in [3.63, 3.8) is 0 Å². The monoisotopic (exact) mass is 561 g/mol. The minimum Gasteiger partial charge on any atom is -0.481 e. The molecule has 40 heavy (non-hydrogen) atoms. The molecular formula is C30H22F3N3O3S. The number of rotatable bonds is 7. The number of carbonyl (C=O) groups is 2. The predicted molar refractivity (Wildman–Crippen MR) is 143 cm³/mol. The number of benzene rings is 3. The van der Waals surface area contributed by atoms with Gasteiger partial charge in [0.15, 0.2) is 0 Å². The van der Waals surface area contributed by atoms with Crippen LogP contribution in [0.15, 0.2) is 76.7 Å². The Morgan fingerprint density at radius 2 is 1.77 bits per heavy atom. The summed E-state index contributed by atoms with van der Waals surface area (Å²) in [7, 11) is 0. The number of hydrogen-bond acceptors (Lipinski definition) is 4. The molecule has 1 amide bonds. The molecule has 0 aliphatic heterocycles. The molecule has 10 heteroatoms. The van der Waals surface area contributed by atoms with Crippen molar-refractivity contribution in [2.75, 3.05) is 0 Å². The molecule has 3 aliphatic rings. The lowest BCUT2D eigenvalue weighted by Crippen LogP contribution is -2.74. The van der Waals surface area contributed by atoms with Gasteiger partial charge in [-0.3, -0.25) is 9.59 Å². The highest BCUT2D eigenvalue weighted by Crippen LogP contribution is 2.69.